The highest BCUT2D eigenvalue weighted by Crippen LogP contribution is 2.50. The Morgan fingerprint density at radius 2 is 1.24 bits per heavy atom. The molecule has 1 aromatic rings. The summed E-state index contributed by atoms with van der Waals surface area (Å²) < 4.78 is 0. The average Bonchev–Trinajstić information content (AvgIpc) is 2.74. The molecule has 1 aromatic carbocycles. The fraction of sp³-hybridized carbons (Fsp3) is 0.375. The summed E-state index contributed by atoms with van der Waals surface area (Å²) in [6.07, 6.45) is 0.235. The molecule has 5 heteroatoms. The zero-order chi connectivity index (χ0) is 14.7. The van der Waals surface area contributed by atoms with Crippen LogP contribution in [0.4, 0.5) is 5.69 Å². The van der Waals surface area contributed by atoms with Crippen LogP contribution in [0.5, 0.6) is 0 Å². The van der Waals surface area contributed by atoms with Gasteiger partial charge in [-0.3, -0.25) is 24.1 Å². The van der Waals surface area contributed by atoms with Crippen molar-refractivity contribution in [3.8, 4) is 0 Å². The molecule has 0 N–H and O–H groups in total. The highest BCUT2D eigenvalue weighted by atomic mass is 16.2. The fourth-order valence-corrected chi connectivity index (χ4v) is 4.01. The van der Waals surface area contributed by atoms with Gasteiger partial charge in [-0.15, -0.1) is 0 Å². The molecule has 0 aromatic heterocycles. The molecule has 1 heterocycles. The molecule has 4 atom stereocenters. The Hall–Kier alpha value is -2.30. The topological polar surface area (TPSA) is 71.5 Å². The van der Waals surface area contributed by atoms with Crippen molar-refractivity contribution < 1.29 is 19.2 Å². The lowest BCUT2D eigenvalue weighted by Crippen LogP contribution is -2.51. The Kier molecular flexibility index (Phi) is 2.43. The third kappa shape index (κ3) is 1.51. The van der Waals surface area contributed by atoms with Crippen molar-refractivity contribution in [2.75, 3.05) is 4.90 Å². The van der Waals surface area contributed by atoms with Crippen molar-refractivity contribution in [2.45, 2.75) is 12.8 Å². The first-order chi connectivity index (χ1) is 10.1. The molecule has 5 nitrogen and oxygen atoms in total. The smallest absolute Gasteiger partial charge is 0.238 e. The molecule has 1 saturated heterocycles. The van der Waals surface area contributed by atoms with E-state index in [1.807, 2.05) is 0 Å². The second kappa shape index (κ2) is 4.10. The monoisotopic (exact) mass is 283 g/mol. The Labute approximate surface area is 120 Å². The summed E-state index contributed by atoms with van der Waals surface area (Å²) in [6, 6.07) is 8.70. The Morgan fingerprint density at radius 3 is 1.71 bits per heavy atom. The van der Waals surface area contributed by atoms with Gasteiger partial charge in [0.1, 0.15) is 11.6 Å². The molecule has 0 spiro atoms. The minimum absolute atomic E-state index is 0.0445. The van der Waals surface area contributed by atoms with Crippen LogP contribution in [0.3, 0.4) is 0 Å². The largest absolute Gasteiger partial charge is 0.299 e. The molecule has 106 valence electrons. The zero-order valence-electron chi connectivity index (χ0n) is 11.2. The minimum atomic E-state index is -0.637. The van der Waals surface area contributed by atoms with Gasteiger partial charge < -0.3 is 0 Å². The van der Waals surface area contributed by atoms with Crippen LogP contribution >= 0.6 is 0 Å². The molecular formula is C16H13NO4. The van der Waals surface area contributed by atoms with Crippen molar-refractivity contribution in [1.82, 2.24) is 0 Å². The van der Waals surface area contributed by atoms with E-state index in [1.54, 1.807) is 30.3 Å². The number of para-hydroxylation sites is 1. The number of ketones is 2. The highest BCUT2D eigenvalue weighted by molar-refractivity contribution is 6.25. The predicted octanol–water partition coefficient (Wildman–Crippen LogP) is 0.970. The molecule has 3 saturated carbocycles. The summed E-state index contributed by atoms with van der Waals surface area (Å²) >= 11 is 0. The van der Waals surface area contributed by atoms with Crippen LogP contribution < -0.4 is 4.90 Å². The summed E-state index contributed by atoms with van der Waals surface area (Å²) in [4.78, 5) is 50.4. The number of amides is 2. The molecule has 4 aliphatic rings. The van der Waals surface area contributed by atoms with Crippen molar-refractivity contribution in [2.24, 2.45) is 23.7 Å². The second-order valence-electron chi connectivity index (χ2n) is 5.95. The molecule has 21 heavy (non-hydrogen) atoms. The molecule has 0 unspecified atom stereocenters. The van der Waals surface area contributed by atoms with E-state index in [1.165, 1.54) is 0 Å². The maximum Gasteiger partial charge on any atom is 0.238 e. The van der Waals surface area contributed by atoms with Gasteiger partial charge in [0.15, 0.2) is 0 Å². The number of benzene rings is 1. The molecule has 0 radical (unpaired) electrons. The van der Waals surface area contributed by atoms with Crippen molar-refractivity contribution >= 4 is 29.1 Å². The zero-order valence-corrected chi connectivity index (χ0v) is 11.2. The molecule has 3 aliphatic carbocycles. The van der Waals surface area contributed by atoms with E-state index < -0.39 is 23.7 Å². The van der Waals surface area contributed by atoms with Gasteiger partial charge in [-0.25, -0.2) is 0 Å². The Bertz CT molecular complexity index is 641. The SMILES string of the molecule is O=C1C[C@@H]2C(=O)C[C@H]1[C@@H]1C(=O)N(c3ccccc3)C(=O)[C@H]12. The van der Waals surface area contributed by atoms with E-state index in [9.17, 15) is 19.2 Å². The number of carbonyl (C=O) groups is 4. The molecule has 2 bridgehead atoms. The van der Waals surface area contributed by atoms with Crippen molar-refractivity contribution in [3.63, 3.8) is 0 Å². The normalized spacial score (nSPS) is 34.6. The van der Waals surface area contributed by atoms with Crippen molar-refractivity contribution in [3.05, 3.63) is 30.3 Å². The van der Waals surface area contributed by atoms with Gasteiger partial charge >= 0.3 is 0 Å². The van der Waals surface area contributed by atoms with Crippen molar-refractivity contribution in [1.29, 1.82) is 0 Å². The number of rotatable bonds is 1. The first-order valence-electron chi connectivity index (χ1n) is 7.08. The quantitative estimate of drug-likeness (QED) is 0.720. The van der Waals surface area contributed by atoms with Gasteiger partial charge in [0.2, 0.25) is 11.8 Å². The summed E-state index contributed by atoms with van der Waals surface area (Å²) in [5.74, 6) is -3.22. The van der Waals surface area contributed by atoms with Gasteiger partial charge in [-0.1, -0.05) is 18.2 Å². The highest BCUT2D eigenvalue weighted by Gasteiger charge is 2.63. The lowest BCUT2D eigenvalue weighted by atomic mass is 9.58. The molecule has 4 fully saturated rings. The standard InChI is InChI=1S/C16H13NO4/c18-11-6-9-12(19)7-10(11)14-13(9)15(20)17(16(14)21)8-4-2-1-3-5-8/h1-5,9-10,13-14H,6-7H2/t9-,10-,13+,14+/m1/s1. The third-order valence-electron chi connectivity index (χ3n) is 4.95. The number of hydrogen-bond donors (Lipinski definition) is 0. The third-order valence-corrected chi connectivity index (χ3v) is 4.95. The van der Waals surface area contributed by atoms with E-state index in [4.69, 9.17) is 0 Å². The fourth-order valence-electron chi connectivity index (χ4n) is 4.01. The Morgan fingerprint density at radius 1 is 0.762 bits per heavy atom. The van der Waals surface area contributed by atoms with Gasteiger partial charge in [0, 0.05) is 24.7 Å². The number of fused-ring (bicyclic) bond motifs is 2. The van der Waals surface area contributed by atoms with Gasteiger partial charge in [0.25, 0.3) is 0 Å². The van der Waals surface area contributed by atoms with Gasteiger partial charge in [-0.05, 0) is 12.1 Å². The van der Waals surface area contributed by atoms with E-state index >= 15 is 0 Å². The molecular weight excluding hydrogens is 270 g/mol. The maximum atomic E-state index is 12.6. The lowest BCUT2D eigenvalue weighted by molar-refractivity contribution is -0.153. The van der Waals surface area contributed by atoms with Crippen LogP contribution in [0.25, 0.3) is 0 Å². The maximum absolute atomic E-state index is 12.6. The van der Waals surface area contributed by atoms with E-state index in [0.717, 1.165) is 4.90 Å². The number of carbonyl (C=O) groups excluding carboxylic acids is 4. The molecule has 5 rings (SSSR count). The number of imide groups is 1. The predicted molar refractivity (Wildman–Crippen MR) is 72.1 cm³/mol. The Balaban J connectivity index is 1.80. The first-order valence-corrected chi connectivity index (χ1v) is 7.08. The van der Waals surface area contributed by atoms with Crippen LogP contribution in [0.15, 0.2) is 30.3 Å². The van der Waals surface area contributed by atoms with Crippen LogP contribution in [0.1, 0.15) is 12.8 Å². The summed E-state index contributed by atoms with van der Waals surface area (Å²) in [5, 5.41) is 0. The van der Waals surface area contributed by atoms with E-state index in [2.05, 4.69) is 0 Å². The van der Waals surface area contributed by atoms with Gasteiger partial charge in [-0.2, -0.15) is 0 Å². The van der Waals surface area contributed by atoms with Gasteiger partial charge in [0.05, 0.1) is 17.5 Å². The number of nitrogens with zero attached hydrogens (tertiary/aromatic N) is 1. The summed E-state index contributed by atoms with van der Waals surface area (Å²) in [5.41, 5.74) is 0.515. The molecule has 2 amide bonds. The van der Waals surface area contributed by atoms with E-state index in [0.29, 0.717) is 5.69 Å². The number of Topliss-reactive ketones (excluding diaryl/α,β-unsaturated/α-hetero) is 2. The average molecular weight is 283 g/mol. The first kappa shape index (κ1) is 12.4. The lowest BCUT2D eigenvalue weighted by Gasteiger charge is -2.40. The second-order valence-corrected chi connectivity index (χ2v) is 5.95. The van der Waals surface area contributed by atoms with E-state index in [-0.39, 0.29) is 36.2 Å². The van der Waals surface area contributed by atoms with Crippen LogP contribution in [0, 0.1) is 23.7 Å². The number of anilines is 1. The summed E-state index contributed by atoms with van der Waals surface area (Å²) in [6.45, 7) is 0. The number of hydrogen-bond acceptors (Lipinski definition) is 4. The van der Waals surface area contributed by atoms with Crippen LogP contribution in [-0.4, -0.2) is 23.4 Å². The summed E-state index contributed by atoms with van der Waals surface area (Å²) in [7, 11) is 0. The van der Waals surface area contributed by atoms with Crippen LogP contribution in [0.2, 0.25) is 0 Å². The molecule has 1 aliphatic heterocycles. The minimum Gasteiger partial charge on any atom is -0.299 e. The van der Waals surface area contributed by atoms with Crippen LogP contribution in [-0.2, 0) is 19.2 Å².